The van der Waals surface area contributed by atoms with E-state index in [4.69, 9.17) is 4.74 Å². The van der Waals surface area contributed by atoms with Gasteiger partial charge < -0.3 is 30.3 Å². The van der Waals surface area contributed by atoms with E-state index in [1.165, 1.54) is 12.1 Å². The van der Waals surface area contributed by atoms with Gasteiger partial charge in [-0.1, -0.05) is 36.4 Å². The van der Waals surface area contributed by atoms with Crippen molar-refractivity contribution < 1.29 is 30.3 Å². The van der Waals surface area contributed by atoms with Gasteiger partial charge in [0, 0.05) is 17.7 Å². The quantitative estimate of drug-likeness (QED) is 0.255. The summed E-state index contributed by atoms with van der Waals surface area (Å²) in [5.41, 5.74) is 3.94. The van der Waals surface area contributed by atoms with Crippen molar-refractivity contribution in [3.05, 3.63) is 107 Å². The van der Waals surface area contributed by atoms with Crippen LogP contribution in [0.25, 0.3) is 12.2 Å². The maximum Gasteiger partial charge on any atom is 0.135 e. The molecule has 0 radical (unpaired) electrons. The van der Waals surface area contributed by atoms with Crippen LogP contribution < -0.4 is 4.74 Å². The van der Waals surface area contributed by atoms with Crippen molar-refractivity contribution >= 4 is 12.2 Å². The Bertz CT molecular complexity index is 1350. The predicted molar refractivity (Wildman–Crippen MR) is 128 cm³/mol. The van der Waals surface area contributed by atoms with Crippen molar-refractivity contribution in [1.29, 1.82) is 0 Å². The lowest BCUT2D eigenvalue weighted by Crippen LogP contribution is -2.11. The molecule has 0 spiro atoms. The summed E-state index contributed by atoms with van der Waals surface area (Å²) >= 11 is 0. The Hall–Kier alpha value is -4.58. The van der Waals surface area contributed by atoms with E-state index in [-0.39, 0.29) is 34.7 Å². The number of fused-ring (bicyclic) bond motifs is 1. The third-order valence-electron chi connectivity index (χ3n) is 5.83. The van der Waals surface area contributed by atoms with Crippen LogP contribution in [0, 0.1) is 0 Å². The molecule has 0 unspecified atom stereocenters. The molecule has 0 aromatic heterocycles. The van der Waals surface area contributed by atoms with Crippen molar-refractivity contribution in [3.63, 3.8) is 0 Å². The molecule has 1 aliphatic heterocycles. The second-order valence-corrected chi connectivity index (χ2v) is 8.30. The summed E-state index contributed by atoms with van der Waals surface area (Å²) in [4.78, 5) is 0. The summed E-state index contributed by atoms with van der Waals surface area (Å²) in [6.07, 6.45) is 3.19. The van der Waals surface area contributed by atoms with Gasteiger partial charge in [0.2, 0.25) is 0 Å². The number of hydrogen-bond donors (Lipinski definition) is 5. The molecule has 5 N–H and O–H groups in total. The standard InChI is InChI=1S/C28H22O6/c29-20-6-4-18(5-7-20)28-27(19-12-23(32)15-24(33)13-19)25-8-3-16(11-26(25)34-28)1-2-17-9-21(30)14-22(31)10-17/h1-15,27-33H/b2-1+/t27-,28+/m0/s1. The fourth-order valence-electron chi connectivity index (χ4n) is 4.36. The molecule has 4 aromatic carbocycles. The maximum atomic E-state index is 10.1. The van der Waals surface area contributed by atoms with Gasteiger partial charge in [0.05, 0.1) is 5.92 Å². The molecule has 170 valence electrons. The lowest BCUT2D eigenvalue weighted by atomic mass is 9.84. The lowest BCUT2D eigenvalue weighted by Gasteiger charge is -2.20. The zero-order chi connectivity index (χ0) is 23.8. The zero-order valence-electron chi connectivity index (χ0n) is 18.0. The largest absolute Gasteiger partial charge is 0.508 e. The van der Waals surface area contributed by atoms with Crippen LogP contribution in [0.4, 0.5) is 0 Å². The van der Waals surface area contributed by atoms with Crippen LogP contribution in [0.15, 0.2) is 78.9 Å². The zero-order valence-corrected chi connectivity index (χ0v) is 18.0. The van der Waals surface area contributed by atoms with E-state index < -0.39 is 6.10 Å². The number of ether oxygens (including phenoxy) is 1. The SMILES string of the molecule is Oc1ccc([C@H]2Oc3cc(/C=C/c4cc(O)cc(O)c4)ccc3[C@@H]2c2cc(O)cc(O)c2)cc1. The molecule has 0 fully saturated rings. The van der Waals surface area contributed by atoms with E-state index in [0.717, 1.165) is 16.7 Å². The van der Waals surface area contributed by atoms with Crippen LogP contribution in [0.5, 0.6) is 34.5 Å². The first-order chi connectivity index (χ1) is 16.4. The van der Waals surface area contributed by atoms with Crippen LogP contribution >= 0.6 is 0 Å². The van der Waals surface area contributed by atoms with Crippen molar-refractivity contribution in [2.75, 3.05) is 0 Å². The third kappa shape index (κ3) is 4.21. The Morgan fingerprint density at radius 3 is 1.76 bits per heavy atom. The predicted octanol–water partition coefficient (Wildman–Crippen LogP) is 5.65. The van der Waals surface area contributed by atoms with Crippen LogP contribution in [0.2, 0.25) is 0 Å². The first-order valence-electron chi connectivity index (χ1n) is 10.7. The highest BCUT2D eigenvalue weighted by Gasteiger charge is 2.37. The normalized spacial score (nSPS) is 16.9. The maximum absolute atomic E-state index is 10.1. The fourth-order valence-corrected chi connectivity index (χ4v) is 4.36. The van der Waals surface area contributed by atoms with E-state index >= 15 is 0 Å². The number of phenols is 5. The molecule has 6 nitrogen and oxygen atoms in total. The molecule has 0 amide bonds. The van der Waals surface area contributed by atoms with Crippen LogP contribution in [-0.4, -0.2) is 25.5 Å². The highest BCUT2D eigenvalue weighted by atomic mass is 16.5. The summed E-state index contributed by atoms with van der Waals surface area (Å²) in [5, 5.41) is 49.2. The summed E-state index contributed by atoms with van der Waals surface area (Å²) in [5.74, 6) is 0.391. The molecule has 0 bridgehead atoms. The number of aromatic hydroxyl groups is 5. The average Bonchev–Trinajstić information content (AvgIpc) is 3.15. The second-order valence-electron chi connectivity index (χ2n) is 8.30. The Balaban J connectivity index is 1.54. The Morgan fingerprint density at radius 2 is 1.12 bits per heavy atom. The molecule has 2 atom stereocenters. The molecule has 0 aliphatic carbocycles. The smallest absolute Gasteiger partial charge is 0.135 e. The average molecular weight is 454 g/mol. The van der Waals surface area contributed by atoms with Gasteiger partial charge in [-0.05, 0) is 64.7 Å². The van der Waals surface area contributed by atoms with Gasteiger partial charge in [-0.15, -0.1) is 0 Å². The minimum atomic E-state index is -0.431. The second kappa shape index (κ2) is 8.41. The van der Waals surface area contributed by atoms with Gasteiger partial charge >= 0.3 is 0 Å². The van der Waals surface area contributed by atoms with Crippen LogP contribution in [0.1, 0.15) is 39.8 Å². The third-order valence-corrected chi connectivity index (χ3v) is 5.83. The molecule has 5 rings (SSSR count). The number of hydrogen-bond acceptors (Lipinski definition) is 6. The number of phenolic OH excluding ortho intramolecular Hbond substituents is 5. The van der Waals surface area contributed by atoms with E-state index in [1.54, 1.807) is 54.6 Å². The molecule has 0 saturated heterocycles. The lowest BCUT2D eigenvalue weighted by molar-refractivity contribution is 0.222. The summed E-state index contributed by atoms with van der Waals surface area (Å²) in [6.45, 7) is 0. The Kier molecular flexibility index (Phi) is 5.26. The van der Waals surface area contributed by atoms with Gasteiger partial charge in [-0.3, -0.25) is 0 Å². The van der Waals surface area contributed by atoms with Crippen LogP contribution in [0.3, 0.4) is 0 Å². The van der Waals surface area contributed by atoms with Crippen molar-refractivity contribution in [1.82, 2.24) is 0 Å². The Morgan fingerprint density at radius 1 is 0.529 bits per heavy atom. The topological polar surface area (TPSA) is 110 Å². The van der Waals surface area contributed by atoms with E-state index in [0.29, 0.717) is 16.9 Å². The molecule has 0 saturated carbocycles. The summed E-state index contributed by atoms with van der Waals surface area (Å²) in [6, 6.07) is 21.4. The van der Waals surface area contributed by atoms with Crippen molar-refractivity contribution in [2.24, 2.45) is 0 Å². The van der Waals surface area contributed by atoms with Gasteiger partial charge in [0.25, 0.3) is 0 Å². The van der Waals surface area contributed by atoms with Gasteiger partial charge in [0.1, 0.15) is 40.6 Å². The van der Waals surface area contributed by atoms with E-state index in [9.17, 15) is 25.5 Å². The number of rotatable bonds is 4. The van der Waals surface area contributed by atoms with Gasteiger partial charge in [0.15, 0.2) is 0 Å². The molecular formula is C28H22O6. The molecule has 6 heteroatoms. The minimum absolute atomic E-state index is 0.0223. The summed E-state index contributed by atoms with van der Waals surface area (Å²) < 4.78 is 6.35. The first kappa shape index (κ1) is 21.3. The summed E-state index contributed by atoms with van der Waals surface area (Å²) in [7, 11) is 0. The van der Waals surface area contributed by atoms with Crippen molar-refractivity contribution in [3.8, 4) is 34.5 Å². The van der Waals surface area contributed by atoms with E-state index in [2.05, 4.69) is 0 Å². The van der Waals surface area contributed by atoms with Gasteiger partial charge in [-0.25, -0.2) is 0 Å². The highest BCUT2D eigenvalue weighted by Crippen LogP contribution is 2.51. The fraction of sp³-hybridized carbons (Fsp3) is 0.0714. The van der Waals surface area contributed by atoms with E-state index in [1.807, 2.05) is 24.3 Å². The Labute approximate surface area is 195 Å². The molecule has 4 aromatic rings. The van der Waals surface area contributed by atoms with Gasteiger partial charge in [-0.2, -0.15) is 0 Å². The number of benzene rings is 4. The molecule has 1 heterocycles. The van der Waals surface area contributed by atoms with Crippen molar-refractivity contribution in [2.45, 2.75) is 12.0 Å². The molecule has 1 aliphatic rings. The first-order valence-corrected chi connectivity index (χ1v) is 10.7. The minimum Gasteiger partial charge on any atom is -0.508 e. The molecular weight excluding hydrogens is 432 g/mol. The van der Waals surface area contributed by atoms with Crippen LogP contribution in [-0.2, 0) is 0 Å². The monoisotopic (exact) mass is 454 g/mol. The highest BCUT2D eigenvalue weighted by molar-refractivity contribution is 5.72. The molecule has 34 heavy (non-hydrogen) atoms.